The highest BCUT2D eigenvalue weighted by Gasteiger charge is 2.23. The molecule has 0 saturated heterocycles. The number of thioether (sulfide) groups is 1. The molecule has 0 radical (unpaired) electrons. The number of aromatic nitrogens is 2. The van der Waals surface area contributed by atoms with Crippen LogP contribution in [0.15, 0.2) is 9.95 Å². The van der Waals surface area contributed by atoms with E-state index in [0.717, 1.165) is 35.9 Å². The quantitative estimate of drug-likeness (QED) is 0.347. The molecule has 27 heavy (non-hydrogen) atoms. The van der Waals surface area contributed by atoms with Crippen LogP contribution in [0.1, 0.15) is 56.0 Å². The normalized spacial score (nSPS) is 15.0. The van der Waals surface area contributed by atoms with Gasteiger partial charge in [-0.1, -0.05) is 31.0 Å². The Morgan fingerprint density at radius 3 is 2.93 bits per heavy atom. The summed E-state index contributed by atoms with van der Waals surface area (Å²) in [5.74, 6) is 2.44. The summed E-state index contributed by atoms with van der Waals surface area (Å²) >= 11 is 2.96. The minimum absolute atomic E-state index is 0.0343. The number of nitrogens with zero attached hydrogens (tertiary/aromatic N) is 2. The highest BCUT2D eigenvalue weighted by atomic mass is 32.2. The van der Waals surface area contributed by atoms with Gasteiger partial charge in [0, 0.05) is 10.9 Å². The van der Waals surface area contributed by atoms with Crippen molar-refractivity contribution in [1.82, 2.24) is 14.9 Å². The Balaban J connectivity index is 2.03. The van der Waals surface area contributed by atoms with Crippen LogP contribution in [0.2, 0.25) is 0 Å². The van der Waals surface area contributed by atoms with Crippen LogP contribution in [0.25, 0.3) is 10.2 Å². The van der Waals surface area contributed by atoms with E-state index in [0.29, 0.717) is 5.16 Å². The molecular formula is C20H25N3O2S2. The topological polar surface area (TPSA) is 64.0 Å². The second-order valence-electron chi connectivity index (χ2n) is 6.84. The van der Waals surface area contributed by atoms with E-state index in [1.54, 1.807) is 15.9 Å². The van der Waals surface area contributed by atoms with E-state index in [-0.39, 0.29) is 29.8 Å². The number of rotatable bonds is 6. The number of terminal acetylenes is 1. The number of fused-ring (bicyclic) bond motifs is 3. The number of hydrogen-bond acceptors (Lipinski definition) is 5. The standard InChI is InChI=1S/C20H25N3O2S2/c1-4-11-21-16(24)12-26-20-22-18-17(19(25)23(20)13(3)5-2)14-9-7-6-8-10-15(14)27-18/h1,13H,5-12H2,2-3H3,(H,21,24)/t13-/m1/s1. The number of amides is 1. The van der Waals surface area contributed by atoms with Crippen LogP contribution in [-0.2, 0) is 17.6 Å². The summed E-state index contributed by atoms with van der Waals surface area (Å²) in [6.45, 7) is 4.30. The number of carbonyl (C=O) groups is 1. The number of nitrogens with one attached hydrogen (secondary N) is 1. The predicted molar refractivity (Wildman–Crippen MR) is 113 cm³/mol. The molecule has 0 bridgehead atoms. The fraction of sp³-hybridized carbons (Fsp3) is 0.550. The second kappa shape index (κ2) is 8.94. The highest BCUT2D eigenvalue weighted by molar-refractivity contribution is 7.99. The molecule has 0 aromatic carbocycles. The molecule has 1 aliphatic rings. The van der Waals surface area contributed by atoms with Gasteiger partial charge in [0.05, 0.1) is 17.7 Å². The van der Waals surface area contributed by atoms with E-state index < -0.39 is 0 Å². The smallest absolute Gasteiger partial charge is 0.263 e. The van der Waals surface area contributed by atoms with E-state index in [1.165, 1.54) is 35.0 Å². The number of aryl methyl sites for hydroxylation is 2. The van der Waals surface area contributed by atoms with E-state index >= 15 is 0 Å². The summed E-state index contributed by atoms with van der Waals surface area (Å²) in [5, 5.41) is 4.08. The van der Waals surface area contributed by atoms with Crippen molar-refractivity contribution in [1.29, 1.82) is 0 Å². The molecule has 0 fully saturated rings. The number of thiophene rings is 1. The zero-order valence-electron chi connectivity index (χ0n) is 15.8. The Bertz CT molecular complexity index is 939. The summed E-state index contributed by atoms with van der Waals surface area (Å²) in [6, 6.07) is 0.0343. The van der Waals surface area contributed by atoms with Gasteiger partial charge in [0.2, 0.25) is 5.91 Å². The second-order valence-corrected chi connectivity index (χ2v) is 8.87. The van der Waals surface area contributed by atoms with E-state index in [4.69, 9.17) is 11.4 Å². The van der Waals surface area contributed by atoms with Crippen molar-refractivity contribution in [2.75, 3.05) is 12.3 Å². The van der Waals surface area contributed by atoms with Gasteiger partial charge < -0.3 is 5.32 Å². The van der Waals surface area contributed by atoms with Crippen LogP contribution in [-0.4, -0.2) is 27.8 Å². The first-order chi connectivity index (χ1) is 13.1. The Hall–Kier alpha value is -1.78. The Kier molecular flexibility index (Phi) is 6.61. The third kappa shape index (κ3) is 4.22. The van der Waals surface area contributed by atoms with E-state index in [1.807, 2.05) is 6.92 Å². The molecule has 1 N–H and O–H groups in total. The molecule has 2 aromatic rings. The molecule has 144 valence electrons. The van der Waals surface area contributed by atoms with Crippen molar-refractivity contribution in [2.24, 2.45) is 0 Å². The zero-order chi connectivity index (χ0) is 19.4. The van der Waals surface area contributed by atoms with Crippen LogP contribution in [0.5, 0.6) is 0 Å². The summed E-state index contributed by atoms with van der Waals surface area (Å²) < 4.78 is 1.78. The molecule has 0 unspecified atom stereocenters. The highest BCUT2D eigenvalue weighted by Crippen LogP contribution is 2.34. The van der Waals surface area contributed by atoms with Crippen molar-refractivity contribution in [3.63, 3.8) is 0 Å². The van der Waals surface area contributed by atoms with Crippen LogP contribution >= 0.6 is 23.1 Å². The minimum Gasteiger partial charge on any atom is -0.344 e. The van der Waals surface area contributed by atoms with Gasteiger partial charge in [0.15, 0.2) is 5.16 Å². The number of carbonyl (C=O) groups excluding carboxylic acids is 1. The van der Waals surface area contributed by atoms with Gasteiger partial charge in [0.1, 0.15) is 4.83 Å². The predicted octanol–water partition coefficient (Wildman–Crippen LogP) is 3.54. The lowest BCUT2D eigenvalue weighted by Crippen LogP contribution is -2.28. The zero-order valence-corrected chi connectivity index (χ0v) is 17.5. The van der Waals surface area contributed by atoms with Crippen molar-refractivity contribution in [3.8, 4) is 12.3 Å². The van der Waals surface area contributed by atoms with Crippen LogP contribution in [0.4, 0.5) is 0 Å². The van der Waals surface area contributed by atoms with Gasteiger partial charge in [-0.3, -0.25) is 14.2 Å². The van der Waals surface area contributed by atoms with Crippen LogP contribution in [0.3, 0.4) is 0 Å². The maximum Gasteiger partial charge on any atom is 0.263 e. The lowest BCUT2D eigenvalue weighted by molar-refractivity contribution is -0.118. The Labute approximate surface area is 168 Å². The van der Waals surface area contributed by atoms with Crippen LogP contribution < -0.4 is 10.9 Å². The maximum absolute atomic E-state index is 13.4. The van der Waals surface area contributed by atoms with Crippen molar-refractivity contribution >= 4 is 39.2 Å². The number of hydrogen-bond donors (Lipinski definition) is 1. The van der Waals surface area contributed by atoms with Crippen molar-refractivity contribution in [3.05, 3.63) is 20.8 Å². The summed E-state index contributed by atoms with van der Waals surface area (Å²) in [5.41, 5.74) is 1.26. The van der Waals surface area contributed by atoms with Gasteiger partial charge in [-0.2, -0.15) is 0 Å². The third-order valence-corrected chi connectivity index (χ3v) is 7.13. The lowest BCUT2D eigenvalue weighted by Gasteiger charge is -2.17. The molecule has 7 heteroatoms. The average molecular weight is 404 g/mol. The molecule has 3 rings (SSSR count). The average Bonchev–Trinajstić information content (AvgIpc) is 2.85. The van der Waals surface area contributed by atoms with Crippen molar-refractivity contribution in [2.45, 2.75) is 63.6 Å². The van der Waals surface area contributed by atoms with E-state index in [9.17, 15) is 9.59 Å². The summed E-state index contributed by atoms with van der Waals surface area (Å²) in [4.78, 5) is 32.3. The molecule has 0 saturated carbocycles. The SMILES string of the molecule is C#CCNC(=O)CSc1nc2sc3c(c2c(=O)n1[C@H](C)CC)CCCCC3. The van der Waals surface area contributed by atoms with Gasteiger partial charge in [-0.05, 0) is 44.6 Å². The van der Waals surface area contributed by atoms with Gasteiger partial charge in [-0.25, -0.2) is 4.98 Å². The molecule has 1 amide bonds. The first-order valence-electron chi connectivity index (χ1n) is 9.46. The molecule has 0 spiro atoms. The molecule has 1 aliphatic carbocycles. The van der Waals surface area contributed by atoms with Crippen molar-refractivity contribution < 1.29 is 4.79 Å². The monoisotopic (exact) mass is 403 g/mol. The molecule has 2 aromatic heterocycles. The molecular weight excluding hydrogens is 378 g/mol. The largest absolute Gasteiger partial charge is 0.344 e. The fourth-order valence-corrected chi connectivity index (χ4v) is 5.61. The maximum atomic E-state index is 13.4. The summed E-state index contributed by atoms with van der Waals surface area (Å²) in [6.07, 6.45) is 11.5. The Morgan fingerprint density at radius 1 is 1.41 bits per heavy atom. The van der Waals surface area contributed by atoms with E-state index in [2.05, 4.69) is 18.2 Å². The molecule has 2 heterocycles. The fourth-order valence-electron chi connectivity index (χ4n) is 3.38. The summed E-state index contributed by atoms with van der Waals surface area (Å²) in [7, 11) is 0. The third-order valence-electron chi connectivity index (χ3n) is 4.99. The molecule has 1 atom stereocenters. The van der Waals surface area contributed by atoms with Crippen LogP contribution in [0, 0.1) is 12.3 Å². The van der Waals surface area contributed by atoms with Gasteiger partial charge >= 0.3 is 0 Å². The van der Waals surface area contributed by atoms with Gasteiger partial charge in [0.25, 0.3) is 5.56 Å². The molecule has 0 aliphatic heterocycles. The first kappa shape index (κ1) is 20.0. The molecule has 5 nitrogen and oxygen atoms in total. The lowest BCUT2D eigenvalue weighted by atomic mass is 10.1. The Morgan fingerprint density at radius 2 is 2.19 bits per heavy atom. The first-order valence-corrected chi connectivity index (χ1v) is 11.3. The minimum atomic E-state index is -0.148. The van der Waals surface area contributed by atoms with Gasteiger partial charge in [-0.15, -0.1) is 17.8 Å².